The normalized spacial score (nSPS) is 19.8. The van der Waals surface area contributed by atoms with E-state index in [1.54, 1.807) is 12.1 Å². The van der Waals surface area contributed by atoms with Crippen LogP contribution in [0.4, 0.5) is 4.39 Å². The molecule has 2 saturated heterocycles. The summed E-state index contributed by atoms with van der Waals surface area (Å²) in [7, 11) is 0. The fourth-order valence-corrected chi connectivity index (χ4v) is 4.07. The SMILES string of the molecule is O=C(NCCCN1CCCC1)C1CCN(Cc2ccc(Cl)cc2F)CC1. The molecule has 0 aliphatic carbocycles. The first-order chi connectivity index (χ1) is 12.6. The first-order valence-corrected chi connectivity index (χ1v) is 10.2. The Balaban J connectivity index is 1.34. The molecule has 2 fully saturated rings. The Labute approximate surface area is 160 Å². The molecule has 0 aromatic heterocycles. The lowest BCUT2D eigenvalue weighted by Crippen LogP contribution is -2.40. The van der Waals surface area contributed by atoms with E-state index in [1.807, 2.05) is 0 Å². The third kappa shape index (κ3) is 5.66. The summed E-state index contributed by atoms with van der Waals surface area (Å²) in [6.07, 6.45) is 5.33. The third-order valence-electron chi connectivity index (χ3n) is 5.52. The standard InChI is InChI=1S/C20H29ClFN3O/c21-18-5-4-17(19(22)14-18)15-25-12-6-16(7-13-25)20(26)23-8-3-11-24-9-1-2-10-24/h4-5,14,16H,1-3,6-13,15H2,(H,23,26). The van der Waals surface area contributed by atoms with Gasteiger partial charge in [0.25, 0.3) is 0 Å². The Kier molecular flexibility index (Phi) is 7.29. The van der Waals surface area contributed by atoms with Crippen LogP contribution in [-0.2, 0) is 11.3 Å². The molecule has 0 unspecified atom stereocenters. The van der Waals surface area contributed by atoms with Crippen LogP contribution in [0.15, 0.2) is 18.2 Å². The van der Waals surface area contributed by atoms with Crippen molar-refractivity contribution in [1.29, 1.82) is 0 Å². The van der Waals surface area contributed by atoms with Crippen molar-refractivity contribution in [3.05, 3.63) is 34.6 Å². The van der Waals surface area contributed by atoms with Gasteiger partial charge in [-0.25, -0.2) is 4.39 Å². The van der Waals surface area contributed by atoms with Crippen LogP contribution in [0.25, 0.3) is 0 Å². The molecule has 2 aliphatic heterocycles. The summed E-state index contributed by atoms with van der Waals surface area (Å²) < 4.78 is 13.9. The number of likely N-dealkylation sites (tertiary alicyclic amines) is 2. The molecule has 1 amide bonds. The number of carbonyl (C=O) groups is 1. The zero-order valence-electron chi connectivity index (χ0n) is 15.4. The highest BCUT2D eigenvalue weighted by atomic mass is 35.5. The molecule has 1 aromatic rings. The number of amides is 1. The van der Waals surface area contributed by atoms with Gasteiger partial charge in [0, 0.05) is 29.6 Å². The summed E-state index contributed by atoms with van der Waals surface area (Å²) in [6, 6.07) is 4.83. The van der Waals surface area contributed by atoms with Crippen LogP contribution in [-0.4, -0.2) is 55.0 Å². The molecule has 6 heteroatoms. The van der Waals surface area contributed by atoms with E-state index in [9.17, 15) is 9.18 Å². The average Bonchev–Trinajstić information content (AvgIpc) is 3.15. The number of nitrogens with one attached hydrogen (secondary N) is 1. The molecule has 1 N–H and O–H groups in total. The molecule has 2 heterocycles. The van der Waals surface area contributed by atoms with E-state index >= 15 is 0 Å². The Morgan fingerprint density at radius 3 is 2.58 bits per heavy atom. The molecule has 0 saturated carbocycles. The zero-order chi connectivity index (χ0) is 18.4. The highest BCUT2D eigenvalue weighted by Crippen LogP contribution is 2.21. The lowest BCUT2D eigenvalue weighted by molar-refractivity contribution is -0.126. The van der Waals surface area contributed by atoms with E-state index in [2.05, 4.69) is 15.1 Å². The minimum atomic E-state index is -0.254. The molecule has 26 heavy (non-hydrogen) atoms. The summed E-state index contributed by atoms with van der Waals surface area (Å²) in [5, 5.41) is 3.52. The van der Waals surface area contributed by atoms with Gasteiger partial charge in [0.2, 0.25) is 5.91 Å². The van der Waals surface area contributed by atoms with E-state index in [1.165, 1.54) is 32.0 Å². The third-order valence-corrected chi connectivity index (χ3v) is 5.75. The van der Waals surface area contributed by atoms with Gasteiger partial charge in [-0.05, 0) is 77.0 Å². The lowest BCUT2D eigenvalue weighted by atomic mass is 9.95. The van der Waals surface area contributed by atoms with Crippen LogP contribution in [0.5, 0.6) is 0 Å². The van der Waals surface area contributed by atoms with Crippen molar-refractivity contribution in [3.8, 4) is 0 Å². The van der Waals surface area contributed by atoms with Gasteiger partial charge < -0.3 is 10.2 Å². The number of piperidine rings is 1. The second-order valence-corrected chi connectivity index (χ2v) is 7.92. The van der Waals surface area contributed by atoms with Gasteiger partial charge in [-0.2, -0.15) is 0 Å². The zero-order valence-corrected chi connectivity index (χ0v) is 16.1. The second kappa shape index (κ2) is 9.67. The predicted octanol–water partition coefficient (Wildman–Crippen LogP) is 3.29. The largest absolute Gasteiger partial charge is 0.356 e. The molecule has 0 atom stereocenters. The van der Waals surface area contributed by atoms with Crippen molar-refractivity contribution in [3.63, 3.8) is 0 Å². The monoisotopic (exact) mass is 381 g/mol. The van der Waals surface area contributed by atoms with Gasteiger partial charge >= 0.3 is 0 Å². The Hall–Kier alpha value is -1.17. The second-order valence-electron chi connectivity index (χ2n) is 7.48. The minimum Gasteiger partial charge on any atom is -0.356 e. The number of hydrogen-bond acceptors (Lipinski definition) is 3. The fraction of sp³-hybridized carbons (Fsp3) is 0.650. The summed E-state index contributed by atoms with van der Waals surface area (Å²) in [5.74, 6) is 0.0206. The number of nitrogens with zero attached hydrogens (tertiary/aromatic N) is 2. The van der Waals surface area contributed by atoms with Crippen LogP contribution in [0, 0.1) is 11.7 Å². The van der Waals surface area contributed by atoms with E-state index in [0.717, 1.165) is 45.4 Å². The number of benzene rings is 1. The number of carbonyl (C=O) groups excluding carboxylic acids is 1. The minimum absolute atomic E-state index is 0.0908. The number of halogens is 2. The average molecular weight is 382 g/mol. The summed E-state index contributed by atoms with van der Waals surface area (Å²) in [4.78, 5) is 17.0. The van der Waals surface area contributed by atoms with Gasteiger partial charge in [0.15, 0.2) is 0 Å². The molecule has 1 aromatic carbocycles. The maximum absolute atomic E-state index is 13.9. The molecule has 0 spiro atoms. The van der Waals surface area contributed by atoms with Crippen LogP contribution >= 0.6 is 11.6 Å². The fourth-order valence-electron chi connectivity index (χ4n) is 3.91. The van der Waals surface area contributed by atoms with Crippen LogP contribution in [0.3, 0.4) is 0 Å². The molecule has 2 aliphatic rings. The lowest BCUT2D eigenvalue weighted by Gasteiger charge is -2.31. The van der Waals surface area contributed by atoms with Gasteiger partial charge in [-0.1, -0.05) is 17.7 Å². The number of hydrogen-bond donors (Lipinski definition) is 1. The van der Waals surface area contributed by atoms with Gasteiger partial charge in [-0.15, -0.1) is 0 Å². The quantitative estimate of drug-likeness (QED) is 0.736. The first kappa shape index (κ1) is 19.6. The van der Waals surface area contributed by atoms with E-state index in [4.69, 9.17) is 11.6 Å². The van der Waals surface area contributed by atoms with Crippen LogP contribution in [0.2, 0.25) is 5.02 Å². The molecule has 0 radical (unpaired) electrons. The molecular weight excluding hydrogens is 353 g/mol. The summed E-state index contributed by atoms with van der Waals surface area (Å²) >= 11 is 5.80. The van der Waals surface area contributed by atoms with Gasteiger partial charge in [0.05, 0.1) is 0 Å². The maximum atomic E-state index is 13.9. The maximum Gasteiger partial charge on any atom is 0.223 e. The predicted molar refractivity (Wildman–Crippen MR) is 103 cm³/mol. The van der Waals surface area contributed by atoms with E-state index in [-0.39, 0.29) is 17.6 Å². The van der Waals surface area contributed by atoms with E-state index in [0.29, 0.717) is 17.1 Å². The molecule has 0 bridgehead atoms. The highest BCUT2D eigenvalue weighted by molar-refractivity contribution is 6.30. The van der Waals surface area contributed by atoms with Crippen molar-refractivity contribution < 1.29 is 9.18 Å². The van der Waals surface area contributed by atoms with Gasteiger partial charge in [0.1, 0.15) is 5.82 Å². The molecular formula is C20H29ClFN3O. The van der Waals surface area contributed by atoms with E-state index < -0.39 is 0 Å². The summed E-state index contributed by atoms with van der Waals surface area (Å²) in [5.41, 5.74) is 0.666. The summed E-state index contributed by atoms with van der Waals surface area (Å²) in [6.45, 7) is 6.51. The van der Waals surface area contributed by atoms with Gasteiger partial charge in [-0.3, -0.25) is 9.69 Å². The van der Waals surface area contributed by atoms with Crippen molar-refractivity contribution >= 4 is 17.5 Å². The molecule has 3 rings (SSSR count). The van der Waals surface area contributed by atoms with Crippen LogP contribution in [0.1, 0.15) is 37.7 Å². The smallest absolute Gasteiger partial charge is 0.223 e. The van der Waals surface area contributed by atoms with Crippen molar-refractivity contribution in [1.82, 2.24) is 15.1 Å². The topological polar surface area (TPSA) is 35.6 Å². The van der Waals surface area contributed by atoms with Crippen LogP contribution < -0.4 is 5.32 Å². The Morgan fingerprint density at radius 2 is 1.88 bits per heavy atom. The van der Waals surface area contributed by atoms with Crippen molar-refractivity contribution in [2.24, 2.45) is 5.92 Å². The van der Waals surface area contributed by atoms with Crippen molar-refractivity contribution in [2.75, 3.05) is 39.3 Å². The Bertz CT molecular complexity index is 599. The Morgan fingerprint density at radius 1 is 1.15 bits per heavy atom. The first-order valence-electron chi connectivity index (χ1n) is 9.78. The molecule has 144 valence electrons. The van der Waals surface area contributed by atoms with Crippen molar-refractivity contribution in [2.45, 2.75) is 38.6 Å². The number of rotatable bonds is 7. The highest BCUT2D eigenvalue weighted by Gasteiger charge is 2.25. The molecule has 4 nitrogen and oxygen atoms in total.